The number of benzene rings is 3. The van der Waals surface area contributed by atoms with Gasteiger partial charge in [-0.25, -0.2) is 8.78 Å². The molecule has 0 aliphatic carbocycles. The molecule has 6 rings (SSSR count). The van der Waals surface area contributed by atoms with Crippen LogP contribution in [0, 0.1) is 39.3 Å². The Morgan fingerprint density at radius 2 is 1.25 bits per heavy atom. The SMILES string of the molecule is Cc1ccc(N(Cc2ccnc(-c3cc(C)c(C)c(C)c3)c2)C2CCN(Cc3ccnc(-c4ccc(F)c(F)c4)c3)CC2)cc1.Cl.Cl.Cl. The zero-order chi connectivity index (χ0) is 31.5. The van der Waals surface area contributed by atoms with Crippen molar-refractivity contribution in [2.45, 2.75) is 59.7 Å². The van der Waals surface area contributed by atoms with Gasteiger partial charge in [-0.1, -0.05) is 17.7 Å². The predicted molar refractivity (Wildman–Crippen MR) is 201 cm³/mol. The van der Waals surface area contributed by atoms with Crippen molar-refractivity contribution in [3.8, 4) is 22.5 Å². The molecule has 0 unspecified atom stereocenters. The van der Waals surface area contributed by atoms with Crippen LogP contribution in [0.4, 0.5) is 14.5 Å². The molecule has 0 amide bonds. The van der Waals surface area contributed by atoms with Crippen LogP contribution in [0.1, 0.15) is 46.2 Å². The highest BCUT2D eigenvalue weighted by molar-refractivity contribution is 5.86. The van der Waals surface area contributed by atoms with E-state index in [9.17, 15) is 8.78 Å². The van der Waals surface area contributed by atoms with Gasteiger partial charge in [-0.2, -0.15) is 0 Å². The molecule has 0 saturated carbocycles. The van der Waals surface area contributed by atoms with Crippen LogP contribution in [0.3, 0.4) is 0 Å². The van der Waals surface area contributed by atoms with E-state index >= 15 is 0 Å². The van der Waals surface area contributed by atoms with E-state index in [1.807, 2.05) is 18.3 Å². The van der Waals surface area contributed by atoms with Gasteiger partial charge >= 0.3 is 0 Å². The first-order valence-corrected chi connectivity index (χ1v) is 15.7. The quantitative estimate of drug-likeness (QED) is 0.160. The molecule has 0 radical (unpaired) electrons. The first-order valence-electron chi connectivity index (χ1n) is 15.7. The number of piperidine rings is 1. The smallest absolute Gasteiger partial charge is 0.159 e. The van der Waals surface area contributed by atoms with E-state index in [0.29, 0.717) is 17.3 Å². The summed E-state index contributed by atoms with van der Waals surface area (Å²) in [5, 5.41) is 0. The second-order valence-corrected chi connectivity index (χ2v) is 12.4. The topological polar surface area (TPSA) is 32.3 Å². The summed E-state index contributed by atoms with van der Waals surface area (Å²) in [6, 6.07) is 26.1. The molecule has 254 valence electrons. The largest absolute Gasteiger partial charge is 0.364 e. The van der Waals surface area contributed by atoms with Gasteiger partial charge in [0.05, 0.1) is 11.4 Å². The van der Waals surface area contributed by atoms with Gasteiger partial charge in [0.15, 0.2) is 11.6 Å². The van der Waals surface area contributed by atoms with Crippen molar-refractivity contribution in [2.24, 2.45) is 0 Å². The minimum atomic E-state index is -0.858. The lowest BCUT2D eigenvalue weighted by Crippen LogP contribution is -2.44. The highest BCUT2D eigenvalue weighted by Gasteiger charge is 2.26. The number of aryl methyl sites for hydroxylation is 3. The fourth-order valence-electron chi connectivity index (χ4n) is 6.31. The summed E-state index contributed by atoms with van der Waals surface area (Å²) in [6.07, 6.45) is 5.78. The molecule has 2 aromatic heterocycles. The van der Waals surface area contributed by atoms with Crippen LogP contribution in [0.5, 0.6) is 0 Å². The number of rotatable bonds is 8. The molecule has 0 atom stereocenters. The third-order valence-corrected chi connectivity index (χ3v) is 9.21. The van der Waals surface area contributed by atoms with Crippen molar-refractivity contribution in [2.75, 3.05) is 18.0 Å². The van der Waals surface area contributed by atoms with Crippen LogP contribution < -0.4 is 4.90 Å². The highest BCUT2D eigenvalue weighted by Crippen LogP contribution is 2.29. The standard InChI is InChI=1S/C39H40F2N4.3ClH/c1-26-5-8-34(9-6-26)45(25-31-12-16-43-39(22-31)33-19-27(2)29(4)28(3)20-33)35-13-17-44(18-14-35)24-30-11-15-42-38(21-30)32-7-10-36(40)37(41)23-32;;;/h5-12,15-16,19-23,35H,13-14,17-18,24-25H2,1-4H3;3*1H. The van der Waals surface area contributed by atoms with E-state index in [4.69, 9.17) is 4.98 Å². The Bertz CT molecular complexity index is 1790. The summed E-state index contributed by atoms with van der Waals surface area (Å²) in [6.45, 7) is 12.2. The van der Waals surface area contributed by atoms with Crippen LogP contribution in [0.25, 0.3) is 22.5 Å². The van der Waals surface area contributed by atoms with Crippen LogP contribution in [-0.4, -0.2) is 34.0 Å². The van der Waals surface area contributed by atoms with Gasteiger partial charge in [0.25, 0.3) is 0 Å². The van der Waals surface area contributed by atoms with Crippen LogP contribution >= 0.6 is 37.2 Å². The summed E-state index contributed by atoms with van der Waals surface area (Å²) < 4.78 is 27.3. The Kier molecular flexibility index (Phi) is 13.9. The Hall–Kier alpha value is -3.55. The molecule has 48 heavy (non-hydrogen) atoms. The summed E-state index contributed by atoms with van der Waals surface area (Å²) in [5.74, 6) is -1.71. The Morgan fingerprint density at radius 1 is 0.667 bits per heavy atom. The van der Waals surface area contributed by atoms with E-state index in [0.717, 1.165) is 61.9 Å². The molecule has 5 aromatic rings. The van der Waals surface area contributed by atoms with Gasteiger partial charge < -0.3 is 4.90 Å². The molecule has 3 heterocycles. The molecule has 1 fully saturated rings. The van der Waals surface area contributed by atoms with Crippen molar-refractivity contribution >= 4 is 42.9 Å². The van der Waals surface area contributed by atoms with Gasteiger partial charge in [-0.3, -0.25) is 14.9 Å². The van der Waals surface area contributed by atoms with Crippen LogP contribution in [0.15, 0.2) is 91.3 Å². The van der Waals surface area contributed by atoms with Crippen molar-refractivity contribution in [3.63, 3.8) is 0 Å². The van der Waals surface area contributed by atoms with Gasteiger partial charge in [0.2, 0.25) is 0 Å². The summed E-state index contributed by atoms with van der Waals surface area (Å²) >= 11 is 0. The highest BCUT2D eigenvalue weighted by atomic mass is 35.5. The number of hydrogen-bond donors (Lipinski definition) is 0. The molecule has 0 N–H and O–H groups in total. The molecule has 0 bridgehead atoms. The lowest BCUT2D eigenvalue weighted by Gasteiger charge is -2.40. The van der Waals surface area contributed by atoms with Crippen LogP contribution in [0.2, 0.25) is 0 Å². The molecule has 1 aliphatic heterocycles. The minimum Gasteiger partial charge on any atom is -0.364 e. The second-order valence-electron chi connectivity index (χ2n) is 12.4. The maximum Gasteiger partial charge on any atom is 0.159 e. The zero-order valence-electron chi connectivity index (χ0n) is 27.7. The van der Waals surface area contributed by atoms with Crippen molar-refractivity contribution in [3.05, 3.63) is 136 Å². The first-order chi connectivity index (χ1) is 21.7. The lowest BCUT2D eigenvalue weighted by molar-refractivity contribution is 0.201. The number of halogens is 5. The average Bonchev–Trinajstić information content (AvgIpc) is 3.05. The van der Waals surface area contributed by atoms with Gasteiger partial charge in [0.1, 0.15) is 0 Å². The normalized spacial score (nSPS) is 13.2. The molecule has 9 heteroatoms. The summed E-state index contributed by atoms with van der Waals surface area (Å²) in [7, 11) is 0. The number of hydrogen-bond acceptors (Lipinski definition) is 4. The van der Waals surface area contributed by atoms with Gasteiger partial charge in [-0.15, -0.1) is 37.2 Å². The van der Waals surface area contributed by atoms with Gasteiger partial charge in [-0.05, 0) is 135 Å². The predicted octanol–water partition coefficient (Wildman–Crippen LogP) is 10.3. The summed E-state index contributed by atoms with van der Waals surface area (Å²) in [5.41, 5.74) is 12.2. The maximum absolute atomic E-state index is 13.8. The zero-order valence-corrected chi connectivity index (χ0v) is 30.2. The Balaban J connectivity index is 0.00000208. The monoisotopic (exact) mass is 710 g/mol. The number of aromatic nitrogens is 2. The third-order valence-electron chi connectivity index (χ3n) is 9.21. The molecule has 1 aliphatic rings. The number of nitrogens with zero attached hydrogens (tertiary/aromatic N) is 4. The Labute approximate surface area is 301 Å². The molecule has 4 nitrogen and oxygen atoms in total. The van der Waals surface area contributed by atoms with E-state index in [-0.39, 0.29) is 37.2 Å². The van der Waals surface area contributed by atoms with E-state index in [1.54, 1.807) is 12.3 Å². The van der Waals surface area contributed by atoms with Crippen molar-refractivity contribution < 1.29 is 8.78 Å². The summed E-state index contributed by atoms with van der Waals surface area (Å²) in [4.78, 5) is 14.2. The third kappa shape index (κ3) is 9.12. The number of likely N-dealkylation sites (tertiary alicyclic amines) is 1. The van der Waals surface area contributed by atoms with E-state index < -0.39 is 11.6 Å². The van der Waals surface area contributed by atoms with E-state index in [1.165, 1.54) is 39.6 Å². The van der Waals surface area contributed by atoms with Crippen molar-refractivity contribution in [1.29, 1.82) is 0 Å². The Morgan fingerprint density at radius 3 is 1.88 bits per heavy atom. The average molecular weight is 712 g/mol. The second kappa shape index (κ2) is 17.2. The number of pyridine rings is 2. The first kappa shape index (κ1) is 38.9. The molecular weight excluding hydrogens is 669 g/mol. The van der Waals surface area contributed by atoms with E-state index in [2.05, 4.69) is 91.0 Å². The van der Waals surface area contributed by atoms with Crippen LogP contribution in [-0.2, 0) is 13.1 Å². The lowest BCUT2D eigenvalue weighted by atomic mass is 9.97. The van der Waals surface area contributed by atoms with Gasteiger partial charge in [0, 0.05) is 61.4 Å². The molecule has 0 spiro atoms. The number of anilines is 1. The van der Waals surface area contributed by atoms with Crippen molar-refractivity contribution in [1.82, 2.24) is 14.9 Å². The molecular formula is C39H43Cl3F2N4. The minimum absolute atomic E-state index is 0. The molecule has 1 saturated heterocycles. The maximum atomic E-state index is 13.8. The fraction of sp³-hybridized carbons (Fsp3) is 0.282. The molecule has 3 aromatic carbocycles. The fourth-order valence-corrected chi connectivity index (χ4v) is 6.31.